The lowest BCUT2D eigenvalue weighted by Gasteiger charge is -2.20. The number of rotatable bonds is 5. The number of amides is 1. The van der Waals surface area contributed by atoms with Crippen LogP contribution in [0.5, 0.6) is 0 Å². The molecule has 0 N–H and O–H groups in total. The number of carbonyl (C=O) groups is 1. The Balaban J connectivity index is 2.31. The van der Waals surface area contributed by atoms with Gasteiger partial charge in [0.25, 0.3) is 5.91 Å². The number of hydrogen-bond acceptors (Lipinski definition) is 2. The monoisotopic (exact) mass is 325 g/mol. The molecule has 0 radical (unpaired) electrons. The third kappa shape index (κ3) is 2.75. The summed E-state index contributed by atoms with van der Waals surface area (Å²) in [7, 11) is 0. The normalized spacial score (nSPS) is 10.8. The lowest BCUT2D eigenvalue weighted by atomic mass is 10.1. The van der Waals surface area contributed by atoms with E-state index < -0.39 is 0 Å². The molecule has 0 fully saturated rings. The van der Waals surface area contributed by atoms with Gasteiger partial charge in [-0.05, 0) is 12.5 Å². The van der Waals surface area contributed by atoms with Crippen LogP contribution in [0.15, 0.2) is 29.6 Å². The van der Waals surface area contributed by atoms with E-state index in [1.54, 1.807) is 11.3 Å². The molecule has 96 valence electrons. The Kier molecular flexibility index (Phi) is 4.78. The Hall–Kier alpha value is -0.870. The highest BCUT2D eigenvalue weighted by atomic mass is 79.9. The topological polar surface area (TPSA) is 20.3 Å². The average Bonchev–Trinajstić information content (AvgIpc) is 2.81. The molecule has 0 spiro atoms. The summed E-state index contributed by atoms with van der Waals surface area (Å²) in [6.07, 6.45) is 0.987. The van der Waals surface area contributed by atoms with Gasteiger partial charge in [-0.2, -0.15) is 0 Å². The van der Waals surface area contributed by atoms with Crippen LogP contribution in [0.1, 0.15) is 23.7 Å². The summed E-state index contributed by atoms with van der Waals surface area (Å²) in [5, 5.41) is 3.87. The minimum atomic E-state index is 0.147. The zero-order chi connectivity index (χ0) is 13.0. The molecule has 0 saturated heterocycles. The Bertz CT molecular complexity index is 531. The Labute approximate surface area is 120 Å². The zero-order valence-electron chi connectivity index (χ0n) is 10.4. The molecule has 0 aliphatic heterocycles. The second-order valence-corrected chi connectivity index (χ2v) is 5.83. The summed E-state index contributed by atoms with van der Waals surface area (Å²) < 4.78 is 1.18. The molecule has 1 aromatic carbocycles. The largest absolute Gasteiger partial charge is 0.338 e. The van der Waals surface area contributed by atoms with Gasteiger partial charge in [-0.15, -0.1) is 11.3 Å². The highest BCUT2D eigenvalue weighted by Gasteiger charge is 2.17. The smallest absolute Gasteiger partial charge is 0.255 e. The Morgan fingerprint density at radius 2 is 2.11 bits per heavy atom. The van der Waals surface area contributed by atoms with Gasteiger partial charge in [0.15, 0.2) is 0 Å². The van der Waals surface area contributed by atoms with E-state index in [9.17, 15) is 4.79 Å². The summed E-state index contributed by atoms with van der Waals surface area (Å²) >= 11 is 5.05. The number of alkyl halides is 1. The molecule has 1 amide bonds. The predicted octanol–water partition coefficient (Wildman–Crippen LogP) is 4.15. The van der Waals surface area contributed by atoms with E-state index in [0.717, 1.165) is 35.8 Å². The summed E-state index contributed by atoms with van der Waals surface area (Å²) in [6, 6.07) is 8.08. The SMILES string of the molecule is CCCN(CCBr)C(=O)c1csc2ccccc12. The van der Waals surface area contributed by atoms with E-state index in [4.69, 9.17) is 0 Å². The van der Waals surface area contributed by atoms with Crippen molar-refractivity contribution in [1.82, 2.24) is 4.90 Å². The number of thiophene rings is 1. The third-order valence-corrected chi connectivity index (χ3v) is 4.16. The Morgan fingerprint density at radius 1 is 1.33 bits per heavy atom. The summed E-state index contributed by atoms with van der Waals surface area (Å²) in [6.45, 7) is 3.67. The van der Waals surface area contributed by atoms with E-state index in [0.29, 0.717) is 0 Å². The van der Waals surface area contributed by atoms with Crippen LogP contribution < -0.4 is 0 Å². The molecular weight excluding hydrogens is 310 g/mol. The number of nitrogens with zero attached hydrogens (tertiary/aromatic N) is 1. The third-order valence-electron chi connectivity index (χ3n) is 2.85. The molecule has 0 unspecified atom stereocenters. The molecule has 18 heavy (non-hydrogen) atoms. The van der Waals surface area contributed by atoms with E-state index in [2.05, 4.69) is 28.9 Å². The van der Waals surface area contributed by atoms with Gasteiger partial charge < -0.3 is 4.90 Å². The van der Waals surface area contributed by atoms with Crippen molar-refractivity contribution in [3.63, 3.8) is 0 Å². The van der Waals surface area contributed by atoms with Gasteiger partial charge in [0, 0.05) is 33.9 Å². The van der Waals surface area contributed by atoms with Crippen LogP contribution in [0.2, 0.25) is 0 Å². The van der Waals surface area contributed by atoms with E-state index >= 15 is 0 Å². The first-order valence-corrected chi connectivity index (χ1v) is 8.09. The van der Waals surface area contributed by atoms with Gasteiger partial charge in [-0.3, -0.25) is 4.79 Å². The highest BCUT2D eigenvalue weighted by Crippen LogP contribution is 2.26. The van der Waals surface area contributed by atoms with Crippen molar-refractivity contribution in [3.8, 4) is 0 Å². The Morgan fingerprint density at radius 3 is 2.83 bits per heavy atom. The van der Waals surface area contributed by atoms with Gasteiger partial charge in [0.2, 0.25) is 0 Å². The fraction of sp³-hybridized carbons (Fsp3) is 0.357. The minimum Gasteiger partial charge on any atom is -0.338 e. The number of benzene rings is 1. The minimum absolute atomic E-state index is 0.147. The van der Waals surface area contributed by atoms with Gasteiger partial charge in [0.1, 0.15) is 0 Å². The van der Waals surface area contributed by atoms with Crippen LogP contribution in [-0.2, 0) is 0 Å². The van der Waals surface area contributed by atoms with Crippen LogP contribution in [-0.4, -0.2) is 29.2 Å². The molecule has 0 atom stereocenters. The van der Waals surface area contributed by atoms with Crippen LogP contribution in [0.3, 0.4) is 0 Å². The van der Waals surface area contributed by atoms with Crippen molar-refractivity contribution in [2.75, 3.05) is 18.4 Å². The molecule has 1 aromatic heterocycles. The van der Waals surface area contributed by atoms with Crippen molar-refractivity contribution in [1.29, 1.82) is 0 Å². The fourth-order valence-corrected chi connectivity index (χ4v) is 3.36. The number of carbonyl (C=O) groups excluding carboxylic acids is 1. The van der Waals surface area contributed by atoms with E-state index in [-0.39, 0.29) is 5.91 Å². The zero-order valence-corrected chi connectivity index (χ0v) is 12.8. The summed E-state index contributed by atoms with van der Waals surface area (Å²) in [5.41, 5.74) is 0.838. The number of hydrogen-bond donors (Lipinski definition) is 0. The van der Waals surface area contributed by atoms with Crippen molar-refractivity contribution in [2.45, 2.75) is 13.3 Å². The first-order chi connectivity index (χ1) is 8.77. The van der Waals surface area contributed by atoms with Crippen molar-refractivity contribution in [3.05, 3.63) is 35.2 Å². The lowest BCUT2D eigenvalue weighted by molar-refractivity contribution is 0.0769. The van der Waals surface area contributed by atoms with Crippen LogP contribution in [0, 0.1) is 0 Å². The first-order valence-electron chi connectivity index (χ1n) is 6.09. The molecular formula is C14H16BrNOS. The molecule has 2 nitrogen and oxygen atoms in total. The maximum atomic E-state index is 12.5. The molecule has 2 rings (SSSR count). The molecule has 0 aliphatic rings. The molecule has 0 aliphatic carbocycles. The van der Waals surface area contributed by atoms with E-state index in [1.807, 2.05) is 28.5 Å². The van der Waals surface area contributed by atoms with E-state index in [1.165, 1.54) is 4.70 Å². The van der Waals surface area contributed by atoms with Crippen molar-refractivity contribution in [2.24, 2.45) is 0 Å². The first kappa shape index (κ1) is 13.6. The average molecular weight is 326 g/mol. The molecule has 1 heterocycles. The molecule has 2 aromatic rings. The second-order valence-electron chi connectivity index (χ2n) is 4.13. The summed E-state index contributed by atoms with van der Waals surface area (Å²) in [4.78, 5) is 14.4. The molecule has 0 bridgehead atoms. The van der Waals surface area contributed by atoms with Gasteiger partial charge in [-0.1, -0.05) is 41.1 Å². The number of fused-ring (bicyclic) bond motifs is 1. The van der Waals surface area contributed by atoms with Crippen molar-refractivity contribution >= 4 is 43.3 Å². The van der Waals surface area contributed by atoms with Crippen LogP contribution in [0.4, 0.5) is 0 Å². The maximum Gasteiger partial charge on any atom is 0.255 e. The van der Waals surface area contributed by atoms with Crippen molar-refractivity contribution < 1.29 is 4.79 Å². The quantitative estimate of drug-likeness (QED) is 0.756. The molecule has 4 heteroatoms. The maximum absolute atomic E-state index is 12.5. The highest BCUT2D eigenvalue weighted by molar-refractivity contribution is 9.09. The van der Waals surface area contributed by atoms with Crippen LogP contribution in [0.25, 0.3) is 10.1 Å². The predicted molar refractivity (Wildman–Crippen MR) is 81.8 cm³/mol. The standard InChI is InChI=1S/C14H16BrNOS/c1-2-8-16(9-7-15)14(17)12-10-18-13-6-4-3-5-11(12)13/h3-6,10H,2,7-9H2,1H3. The second kappa shape index (κ2) is 6.34. The lowest BCUT2D eigenvalue weighted by Crippen LogP contribution is -2.33. The van der Waals surface area contributed by atoms with Gasteiger partial charge in [-0.25, -0.2) is 0 Å². The number of halogens is 1. The van der Waals surface area contributed by atoms with Gasteiger partial charge >= 0.3 is 0 Å². The summed E-state index contributed by atoms with van der Waals surface area (Å²) in [5.74, 6) is 0.147. The van der Waals surface area contributed by atoms with Crippen LogP contribution >= 0.6 is 27.3 Å². The molecule has 0 saturated carbocycles. The fourth-order valence-electron chi connectivity index (χ4n) is 2.00. The van der Waals surface area contributed by atoms with Gasteiger partial charge in [0.05, 0.1) is 5.56 Å².